The lowest BCUT2D eigenvalue weighted by atomic mass is 10.2. The highest BCUT2D eigenvalue weighted by Crippen LogP contribution is 2.17. The number of hydrogen-bond acceptors (Lipinski definition) is 4. The second-order valence-electron chi connectivity index (χ2n) is 4.36. The molecule has 0 aliphatic heterocycles. The lowest BCUT2D eigenvalue weighted by Crippen LogP contribution is -2.23. The number of nitrogens with one attached hydrogen (secondary N) is 1. The topological polar surface area (TPSA) is 89.3 Å². The van der Waals surface area contributed by atoms with Crippen molar-refractivity contribution in [2.45, 2.75) is 4.90 Å². The van der Waals surface area contributed by atoms with Crippen molar-refractivity contribution in [3.63, 3.8) is 0 Å². The van der Waals surface area contributed by atoms with Crippen LogP contribution in [0.15, 0.2) is 53.4 Å². The van der Waals surface area contributed by atoms with Crippen LogP contribution < -0.4 is 11.1 Å². The van der Waals surface area contributed by atoms with Crippen LogP contribution in [0.2, 0.25) is 0 Å². The van der Waals surface area contributed by atoms with Crippen LogP contribution >= 0.6 is 0 Å². The molecule has 0 aromatic heterocycles. The number of halogens is 1. The smallest absolute Gasteiger partial charge is 0.239 e. The van der Waals surface area contributed by atoms with Crippen LogP contribution in [0.25, 0.3) is 0 Å². The normalized spacial score (nSPS) is 11.1. The minimum atomic E-state index is -3.72. The number of nitrogens with two attached hydrogens (primary N) is 1. The zero-order chi connectivity index (χ0) is 15.5. The van der Waals surface area contributed by atoms with Gasteiger partial charge in [0.05, 0.1) is 10.6 Å². The molecule has 0 unspecified atom stereocenters. The second kappa shape index (κ2) is 5.92. The number of nitrogen functional groups attached to an aromatic ring is 1. The maximum Gasteiger partial charge on any atom is 0.239 e. The largest absolute Gasteiger partial charge is 0.396 e. The first-order valence-electron chi connectivity index (χ1n) is 6.01. The summed E-state index contributed by atoms with van der Waals surface area (Å²) in [6.07, 6.45) is 0. The Balaban J connectivity index is 2.10. The first kappa shape index (κ1) is 15.0. The fourth-order valence-corrected chi connectivity index (χ4v) is 2.86. The molecule has 0 radical (unpaired) electrons. The Bertz CT molecular complexity index is 761. The lowest BCUT2D eigenvalue weighted by Gasteiger charge is -2.07. The van der Waals surface area contributed by atoms with Crippen LogP contribution in [-0.4, -0.2) is 20.1 Å². The number of sulfone groups is 1. The number of rotatable bonds is 4. The maximum absolute atomic E-state index is 13.0. The van der Waals surface area contributed by atoms with Gasteiger partial charge in [-0.2, -0.15) is 0 Å². The quantitative estimate of drug-likeness (QED) is 0.843. The summed E-state index contributed by atoms with van der Waals surface area (Å²) in [5, 5.41) is 2.37. The molecule has 5 nitrogen and oxygen atoms in total. The maximum atomic E-state index is 13.0. The van der Waals surface area contributed by atoms with Crippen LogP contribution in [0.3, 0.4) is 0 Å². The van der Waals surface area contributed by atoms with Crippen LogP contribution in [0.4, 0.5) is 15.8 Å². The number of anilines is 2. The molecule has 0 fully saturated rings. The Hall–Kier alpha value is -2.41. The molecule has 0 aliphatic carbocycles. The van der Waals surface area contributed by atoms with Crippen LogP contribution in [0.5, 0.6) is 0 Å². The van der Waals surface area contributed by atoms with Gasteiger partial charge in [-0.3, -0.25) is 4.79 Å². The third-order valence-corrected chi connectivity index (χ3v) is 4.34. The second-order valence-corrected chi connectivity index (χ2v) is 6.35. The monoisotopic (exact) mass is 308 g/mol. The minimum Gasteiger partial charge on any atom is -0.396 e. The van der Waals surface area contributed by atoms with E-state index in [-0.39, 0.29) is 16.3 Å². The molecule has 0 saturated heterocycles. The van der Waals surface area contributed by atoms with Crippen molar-refractivity contribution in [3.8, 4) is 0 Å². The van der Waals surface area contributed by atoms with Gasteiger partial charge in [0.2, 0.25) is 5.91 Å². The van der Waals surface area contributed by atoms with E-state index in [2.05, 4.69) is 5.32 Å². The van der Waals surface area contributed by atoms with Gasteiger partial charge in [0, 0.05) is 5.69 Å². The van der Waals surface area contributed by atoms with E-state index < -0.39 is 27.3 Å². The molecule has 3 N–H and O–H groups in total. The summed E-state index contributed by atoms with van der Waals surface area (Å²) in [6, 6.07) is 11.3. The minimum absolute atomic E-state index is 0.0683. The van der Waals surface area contributed by atoms with Crippen molar-refractivity contribution in [3.05, 3.63) is 54.3 Å². The van der Waals surface area contributed by atoms with Crippen molar-refractivity contribution in [1.82, 2.24) is 0 Å². The molecule has 0 aliphatic rings. The van der Waals surface area contributed by atoms with E-state index in [0.717, 1.165) is 6.07 Å². The zero-order valence-corrected chi connectivity index (χ0v) is 11.7. The van der Waals surface area contributed by atoms with Crippen LogP contribution in [0.1, 0.15) is 0 Å². The molecule has 0 saturated carbocycles. The Morgan fingerprint density at radius 2 is 1.81 bits per heavy atom. The summed E-state index contributed by atoms with van der Waals surface area (Å²) in [5.41, 5.74) is 5.48. The SMILES string of the molecule is Nc1cc(NC(=O)CS(=O)(=O)c2ccccc2)ccc1F. The van der Waals surface area contributed by atoms with Gasteiger partial charge in [0.1, 0.15) is 11.6 Å². The van der Waals surface area contributed by atoms with Crippen molar-refractivity contribution in [2.24, 2.45) is 0 Å². The molecule has 2 aromatic rings. The molecule has 2 rings (SSSR count). The third kappa shape index (κ3) is 3.79. The predicted molar refractivity (Wildman–Crippen MR) is 77.9 cm³/mol. The first-order chi connectivity index (χ1) is 9.88. The van der Waals surface area contributed by atoms with Crippen LogP contribution in [0, 0.1) is 5.82 Å². The number of carbonyl (C=O) groups is 1. The van der Waals surface area contributed by atoms with Crippen molar-refractivity contribution >= 4 is 27.1 Å². The number of benzene rings is 2. The van der Waals surface area contributed by atoms with Gasteiger partial charge in [-0.25, -0.2) is 12.8 Å². The van der Waals surface area contributed by atoms with Gasteiger partial charge < -0.3 is 11.1 Å². The van der Waals surface area contributed by atoms with E-state index in [0.29, 0.717) is 0 Å². The molecule has 21 heavy (non-hydrogen) atoms. The summed E-state index contributed by atoms with van der Waals surface area (Å²) in [4.78, 5) is 11.8. The third-order valence-electron chi connectivity index (χ3n) is 2.70. The molecule has 110 valence electrons. The number of hydrogen-bond donors (Lipinski definition) is 2. The van der Waals surface area contributed by atoms with E-state index in [9.17, 15) is 17.6 Å². The summed E-state index contributed by atoms with van der Waals surface area (Å²) in [5.74, 6) is -2.02. The highest BCUT2D eigenvalue weighted by Gasteiger charge is 2.19. The van der Waals surface area contributed by atoms with Crippen molar-refractivity contribution < 1.29 is 17.6 Å². The molecule has 0 bridgehead atoms. The van der Waals surface area contributed by atoms with E-state index >= 15 is 0 Å². The fraction of sp³-hybridized carbons (Fsp3) is 0.0714. The average Bonchev–Trinajstić information content (AvgIpc) is 2.43. The van der Waals surface area contributed by atoms with E-state index in [4.69, 9.17) is 5.73 Å². The Labute approximate surface area is 121 Å². The van der Waals surface area contributed by atoms with E-state index in [1.165, 1.54) is 24.3 Å². The molecule has 0 atom stereocenters. The number of carbonyl (C=O) groups excluding carboxylic acids is 1. The Morgan fingerprint density at radius 1 is 1.14 bits per heavy atom. The molecular formula is C14H13FN2O3S. The fourth-order valence-electron chi connectivity index (χ4n) is 1.70. The molecule has 0 heterocycles. The summed E-state index contributed by atoms with van der Waals surface area (Å²) in [6.45, 7) is 0. The Morgan fingerprint density at radius 3 is 2.43 bits per heavy atom. The predicted octanol–water partition coefficient (Wildman–Crippen LogP) is 1.82. The molecule has 2 aromatic carbocycles. The molecule has 1 amide bonds. The summed E-state index contributed by atoms with van der Waals surface area (Å²) < 4.78 is 37.0. The average molecular weight is 308 g/mol. The van der Waals surface area contributed by atoms with Gasteiger partial charge in [-0.1, -0.05) is 18.2 Å². The lowest BCUT2D eigenvalue weighted by molar-refractivity contribution is -0.113. The highest BCUT2D eigenvalue weighted by atomic mass is 32.2. The Kier molecular flexibility index (Phi) is 4.23. The van der Waals surface area contributed by atoms with Crippen LogP contribution in [-0.2, 0) is 14.6 Å². The molecule has 7 heteroatoms. The van der Waals surface area contributed by atoms with Crippen molar-refractivity contribution in [2.75, 3.05) is 16.8 Å². The molecular weight excluding hydrogens is 295 g/mol. The van der Waals surface area contributed by atoms with Gasteiger partial charge in [0.25, 0.3) is 0 Å². The number of amides is 1. The van der Waals surface area contributed by atoms with Gasteiger partial charge >= 0.3 is 0 Å². The first-order valence-corrected chi connectivity index (χ1v) is 7.66. The van der Waals surface area contributed by atoms with Gasteiger partial charge in [0.15, 0.2) is 9.84 Å². The highest BCUT2D eigenvalue weighted by molar-refractivity contribution is 7.92. The zero-order valence-electron chi connectivity index (χ0n) is 10.9. The van der Waals surface area contributed by atoms with Crippen molar-refractivity contribution in [1.29, 1.82) is 0 Å². The summed E-state index contributed by atoms with van der Waals surface area (Å²) >= 11 is 0. The standard InChI is InChI=1S/C14H13FN2O3S/c15-12-7-6-10(8-13(12)16)17-14(18)9-21(19,20)11-4-2-1-3-5-11/h1-8H,9,16H2,(H,17,18). The van der Waals surface area contributed by atoms with Gasteiger partial charge in [-0.05, 0) is 30.3 Å². The van der Waals surface area contributed by atoms with E-state index in [1.807, 2.05) is 0 Å². The summed E-state index contributed by atoms with van der Waals surface area (Å²) in [7, 11) is -3.72. The van der Waals surface area contributed by atoms with E-state index in [1.54, 1.807) is 18.2 Å². The molecule has 0 spiro atoms. The van der Waals surface area contributed by atoms with Gasteiger partial charge in [-0.15, -0.1) is 0 Å².